The van der Waals surface area contributed by atoms with E-state index in [0.29, 0.717) is 24.4 Å². The maximum atomic E-state index is 12.4. The molecule has 0 unspecified atom stereocenters. The second-order valence-electron chi connectivity index (χ2n) is 4.09. The monoisotopic (exact) mass is 271 g/mol. The molecule has 3 nitrogen and oxygen atoms in total. The zero-order valence-electron chi connectivity index (χ0n) is 9.94. The van der Waals surface area contributed by atoms with Crippen molar-refractivity contribution in [3.05, 3.63) is 53.2 Å². The molecule has 0 atom stereocenters. The summed E-state index contributed by atoms with van der Waals surface area (Å²) in [7, 11) is 0. The summed E-state index contributed by atoms with van der Waals surface area (Å²) >= 11 is 0. The molecule has 0 aliphatic heterocycles. The fourth-order valence-electron chi connectivity index (χ4n) is 1.65. The van der Waals surface area contributed by atoms with Crippen molar-refractivity contribution < 1.29 is 22.7 Å². The van der Waals surface area contributed by atoms with Gasteiger partial charge in [-0.25, -0.2) is 4.98 Å². The molecule has 1 N–H and O–H groups in total. The number of aromatic nitrogens is 1. The largest absolute Gasteiger partial charge is 0.449 e. The lowest BCUT2D eigenvalue weighted by atomic mass is 10.1. The summed E-state index contributed by atoms with van der Waals surface area (Å²) in [4.78, 5) is 4.00. The topological polar surface area (TPSA) is 46.3 Å². The third-order valence-corrected chi connectivity index (χ3v) is 2.67. The van der Waals surface area contributed by atoms with Crippen molar-refractivity contribution in [3.8, 4) is 0 Å². The van der Waals surface area contributed by atoms with Gasteiger partial charge in [0, 0.05) is 6.42 Å². The van der Waals surface area contributed by atoms with Crippen LogP contribution in [0.5, 0.6) is 0 Å². The highest BCUT2D eigenvalue weighted by Gasteiger charge is 2.29. The molecule has 0 amide bonds. The van der Waals surface area contributed by atoms with Crippen LogP contribution in [-0.4, -0.2) is 10.1 Å². The van der Waals surface area contributed by atoms with Crippen LogP contribution in [0.25, 0.3) is 0 Å². The van der Waals surface area contributed by atoms with Gasteiger partial charge in [0.1, 0.15) is 12.0 Å². The van der Waals surface area contributed by atoms with Crippen LogP contribution in [0, 0.1) is 0 Å². The van der Waals surface area contributed by atoms with Gasteiger partial charge < -0.3 is 9.52 Å². The van der Waals surface area contributed by atoms with Gasteiger partial charge in [-0.1, -0.05) is 12.1 Å². The summed E-state index contributed by atoms with van der Waals surface area (Å²) in [5.41, 5.74) is 0.564. The summed E-state index contributed by atoms with van der Waals surface area (Å²) in [6.45, 7) is -0.191. The molecular weight excluding hydrogens is 259 g/mol. The summed E-state index contributed by atoms with van der Waals surface area (Å²) in [5, 5.41) is 8.81. The smallest absolute Gasteiger partial charge is 0.416 e. The van der Waals surface area contributed by atoms with E-state index < -0.39 is 11.7 Å². The first-order chi connectivity index (χ1) is 8.99. The molecule has 6 heteroatoms. The Bertz CT molecular complexity index is 532. The second kappa shape index (κ2) is 5.44. The maximum absolute atomic E-state index is 12.4. The van der Waals surface area contributed by atoms with Gasteiger partial charge in [0.05, 0.1) is 12.2 Å². The Hall–Kier alpha value is -1.82. The normalized spacial score (nSPS) is 11.8. The van der Waals surface area contributed by atoms with Gasteiger partial charge >= 0.3 is 6.18 Å². The minimum absolute atomic E-state index is 0.191. The molecule has 1 aromatic heterocycles. The Balaban J connectivity index is 1.96. The van der Waals surface area contributed by atoms with Crippen LogP contribution in [0.15, 0.2) is 34.9 Å². The molecule has 0 aliphatic rings. The number of oxazole rings is 1. The Kier molecular flexibility index (Phi) is 3.90. The van der Waals surface area contributed by atoms with E-state index >= 15 is 0 Å². The number of nitrogens with zero attached hydrogens (tertiary/aromatic N) is 1. The van der Waals surface area contributed by atoms with Gasteiger partial charge in [-0.15, -0.1) is 0 Å². The number of halogens is 3. The minimum atomic E-state index is -4.31. The first-order valence-corrected chi connectivity index (χ1v) is 5.69. The molecule has 102 valence electrons. The van der Waals surface area contributed by atoms with Crippen molar-refractivity contribution >= 4 is 0 Å². The Labute approximate surface area is 107 Å². The highest BCUT2D eigenvalue weighted by Crippen LogP contribution is 2.29. The van der Waals surface area contributed by atoms with Crippen LogP contribution in [-0.2, 0) is 25.6 Å². The predicted octanol–water partition coefficient (Wildman–Crippen LogP) is 2.97. The van der Waals surface area contributed by atoms with E-state index in [1.807, 2.05) is 0 Å². The van der Waals surface area contributed by atoms with Crippen LogP contribution in [0.3, 0.4) is 0 Å². The molecule has 0 bridgehead atoms. The van der Waals surface area contributed by atoms with Crippen molar-refractivity contribution in [1.82, 2.24) is 4.98 Å². The van der Waals surface area contributed by atoms with Crippen LogP contribution < -0.4 is 0 Å². The van der Waals surface area contributed by atoms with E-state index in [0.717, 1.165) is 17.7 Å². The molecule has 0 fully saturated rings. The highest BCUT2D eigenvalue weighted by atomic mass is 19.4. The fraction of sp³-hybridized carbons (Fsp3) is 0.308. The SMILES string of the molecule is OCc1coc(CCc2ccc(C(F)(F)F)cc2)n1. The Morgan fingerprint density at radius 1 is 1.11 bits per heavy atom. The van der Waals surface area contributed by atoms with Gasteiger partial charge in [-0.3, -0.25) is 0 Å². The minimum Gasteiger partial charge on any atom is -0.449 e. The predicted molar refractivity (Wildman–Crippen MR) is 61.3 cm³/mol. The van der Waals surface area contributed by atoms with E-state index in [-0.39, 0.29) is 6.61 Å². The van der Waals surface area contributed by atoms with Crippen molar-refractivity contribution in [2.75, 3.05) is 0 Å². The second-order valence-corrected chi connectivity index (χ2v) is 4.09. The van der Waals surface area contributed by atoms with Crippen LogP contribution in [0.1, 0.15) is 22.7 Å². The molecule has 0 saturated carbocycles. The lowest BCUT2D eigenvalue weighted by Crippen LogP contribution is -2.04. The number of hydrogen-bond donors (Lipinski definition) is 1. The molecule has 1 aromatic carbocycles. The average Bonchev–Trinajstić information content (AvgIpc) is 2.84. The number of benzene rings is 1. The van der Waals surface area contributed by atoms with E-state index in [1.54, 1.807) is 0 Å². The summed E-state index contributed by atoms with van der Waals surface area (Å²) in [6, 6.07) is 5.01. The summed E-state index contributed by atoms with van der Waals surface area (Å²) in [6.07, 6.45) is -1.94. The summed E-state index contributed by atoms with van der Waals surface area (Å²) in [5.74, 6) is 0.462. The number of hydrogen-bond acceptors (Lipinski definition) is 3. The number of alkyl halides is 3. The molecular formula is C13H12F3NO2. The van der Waals surface area contributed by atoms with Gasteiger partial charge in [-0.2, -0.15) is 13.2 Å². The lowest BCUT2D eigenvalue weighted by molar-refractivity contribution is -0.137. The maximum Gasteiger partial charge on any atom is 0.416 e. The van der Waals surface area contributed by atoms with Crippen LogP contribution in [0.2, 0.25) is 0 Å². The van der Waals surface area contributed by atoms with Gasteiger partial charge in [0.15, 0.2) is 5.89 Å². The van der Waals surface area contributed by atoms with Crippen LogP contribution >= 0.6 is 0 Å². The molecule has 1 heterocycles. The van der Waals surface area contributed by atoms with Crippen molar-refractivity contribution in [3.63, 3.8) is 0 Å². The highest BCUT2D eigenvalue weighted by molar-refractivity contribution is 5.24. The zero-order chi connectivity index (χ0) is 13.9. The number of aryl methyl sites for hydroxylation is 2. The number of aliphatic hydroxyl groups is 1. The quantitative estimate of drug-likeness (QED) is 0.929. The molecule has 0 spiro atoms. The van der Waals surface area contributed by atoms with Gasteiger partial charge in [-0.05, 0) is 24.1 Å². The molecule has 2 aromatic rings. The van der Waals surface area contributed by atoms with Crippen molar-refractivity contribution in [2.45, 2.75) is 25.6 Å². The molecule has 19 heavy (non-hydrogen) atoms. The van der Waals surface area contributed by atoms with E-state index in [1.165, 1.54) is 18.4 Å². The Morgan fingerprint density at radius 3 is 2.32 bits per heavy atom. The summed E-state index contributed by atoms with van der Waals surface area (Å²) < 4.78 is 42.2. The Morgan fingerprint density at radius 2 is 1.79 bits per heavy atom. The molecule has 0 radical (unpaired) electrons. The molecule has 0 aliphatic carbocycles. The van der Waals surface area contributed by atoms with Gasteiger partial charge in [0.2, 0.25) is 0 Å². The third-order valence-electron chi connectivity index (χ3n) is 2.67. The molecule has 2 rings (SSSR count). The van der Waals surface area contributed by atoms with Crippen molar-refractivity contribution in [2.24, 2.45) is 0 Å². The van der Waals surface area contributed by atoms with Crippen molar-refractivity contribution in [1.29, 1.82) is 0 Å². The van der Waals surface area contributed by atoms with E-state index in [9.17, 15) is 13.2 Å². The first kappa shape index (κ1) is 13.6. The lowest BCUT2D eigenvalue weighted by Gasteiger charge is -2.07. The zero-order valence-corrected chi connectivity index (χ0v) is 9.94. The van der Waals surface area contributed by atoms with Crippen LogP contribution in [0.4, 0.5) is 13.2 Å². The van der Waals surface area contributed by atoms with Gasteiger partial charge in [0.25, 0.3) is 0 Å². The third kappa shape index (κ3) is 3.57. The fourth-order valence-corrected chi connectivity index (χ4v) is 1.65. The first-order valence-electron chi connectivity index (χ1n) is 5.69. The average molecular weight is 271 g/mol. The van der Waals surface area contributed by atoms with E-state index in [4.69, 9.17) is 9.52 Å². The number of aliphatic hydroxyl groups excluding tert-OH is 1. The van der Waals surface area contributed by atoms with E-state index in [2.05, 4.69) is 4.98 Å². The molecule has 0 saturated heterocycles. The number of rotatable bonds is 4. The standard InChI is InChI=1S/C13H12F3NO2/c14-13(15,16)10-4-1-9(2-5-10)3-6-12-17-11(7-18)8-19-12/h1-2,4-5,8,18H,3,6-7H2.